The molecule has 0 bridgehead atoms. The number of sulfonamides is 1. The van der Waals surface area contributed by atoms with E-state index in [2.05, 4.69) is 11.6 Å². The average Bonchev–Trinajstić information content (AvgIpc) is 2.32. The van der Waals surface area contributed by atoms with Crippen LogP contribution in [0.4, 0.5) is 10.1 Å². The molecule has 4 nitrogen and oxygen atoms in total. The molecule has 0 saturated heterocycles. The van der Waals surface area contributed by atoms with Gasteiger partial charge in [0.15, 0.2) is 0 Å². The fourth-order valence-corrected chi connectivity index (χ4v) is 4.48. The zero-order valence-electron chi connectivity index (χ0n) is 11.8. The summed E-state index contributed by atoms with van der Waals surface area (Å²) in [7, 11) is -3.92. The van der Waals surface area contributed by atoms with Crippen LogP contribution in [0.2, 0.25) is 0 Å². The van der Waals surface area contributed by atoms with Crippen LogP contribution in [-0.4, -0.2) is 14.5 Å². The summed E-state index contributed by atoms with van der Waals surface area (Å²) in [6.45, 7) is 4.18. The maximum Gasteiger partial charge on any atom is 0.245 e. The third kappa shape index (κ3) is 3.12. The second kappa shape index (κ2) is 5.69. The van der Waals surface area contributed by atoms with Gasteiger partial charge in [-0.2, -0.15) is 0 Å². The van der Waals surface area contributed by atoms with Crippen molar-refractivity contribution in [3.63, 3.8) is 0 Å². The Hall–Kier alpha value is -1.14. The maximum absolute atomic E-state index is 13.8. The highest BCUT2D eigenvalue weighted by Crippen LogP contribution is 2.30. The monoisotopic (exact) mass is 300 g/mol. The first kappa shape index (κ1) is 15.3. The third-order valence-corrected chi connectivity index (χ3v) is 5.59. The minimum atomic E-state index is -3.92. The van der Waals surface area contributed by atoms with Crippen molar-refractivity contribution in [2.24, 2.45) is 11.8 Å². The summed E-state index contributed by atoms with van der Waals surface area (Å²) in [5, 5.41) is 0. The first-order valence-corrected chi connectivity index (χ1v) is 8.36. The van der Waals surface area contributed by atoms with Gasteiger partial charge in [0.05, 0.1) is 5.69 Å². The lowest BCUT2D eigenvalue weighted by molar-refractivity contribution is 0.249. The van der Waals surface area contributed by atoms with E-state index in [1.54, 1.807) is 0 Å². The number of hydrogen-bond acceptors (Lipinski definition) is 3. The van der Waals surface area contributed by atoms with Crippen molar-refractivity contribution in [1.29, 1.82) is 0 Å². The molecule has 1 aliphatic rings. The van der Waals surface area contributed by atoms with Gasteiger partial charge < -0.3 is 5.73 Å². The Morgan fingerprint density at radius 2 is 2.00 bits per heavy atom. The molecule has 1 fully saturated rings. The van der Waals surface area contributed by atoms with Gasteiger partial charge >= 0.3 is 0 Å². The van der Waals surface area contributed by atoms with E-state index in [-0.39, 0.29) is 17.6 Å². The van der Waals surface area contributed by atoms with E-state index < -0.39 is 20.7 Å². The van der Waals surface area contributed by atoms with Gasteiger partial charge in [0.2, 0.25) is 10.0 Å². The zero-order chi connectivity index (χ0) is 14.9. The van der Waals surface area contributed by atoms with Crippen molar-refractivity contribution >= 4 is 15.7 Å². The lowest BCUT2D eigenvalue weighted by Crippen LogP contribution is -2.42. The average molecular weight is 300 g/mol. The van der Waals surface area contributed by atoms with Crippen molar-refractivity contribution in [1.82, 2.24) is 4.72 Å². The highest BCUT2D eigenvalue weighted by molar-refractivity contribution is 7.89. The van der Waals surface area contributed by atoms with E-state index in [0.717, 1.165) is 25.3 Å². The molecule has 6 heteroatoms. The lowest BCUT2D eigenvalue weighted by atomic mass is 9.80. The fourth-order valence-electron chi connectivity index (χ4n) is 2.91. The number of benzene rings is 1. The Bertz CT molecular complexity index is 569. The maximum atomic E-state index is 13.8. The number of rotatable bonds is 3. The SMILES string of the molecule is CC1CCC(NS(=O)(=O)c2c(N)cccc2F)C(C)C1. The summed E-state index contributed by atoms with van der Waals surface area (Å²) >= 11 is 0. The number of hydrogen-bond donors (Lipinski definition) is 2. The number of halogens is 1. The molecule has 2 rings (SSSR count). The second-order valence-electron chi connectivity index (χ2n) is 5.78. The molecule has 0 spiro atoms. The lowest BCUT2D eigenvalue weighted by Gasteiger charge is -2.33. The molecule has 1 saturated carbocycles. The third-order valence-electron chi connectivity index (χ3n) is 4.00. The van der Waals surface area contributed by atoms with Gasteiger partial charge in [-0.1, -0.05) is 19.9 Å². The van der Waals surface area contributed by atoms with Crippen LogP contribution in [0.1, 0.15) is 33.1 Å². The topological polar surface area (TPSA) is 72.2 Å². The molecule has 0 amide bonds. The van der Waals surface area contributed by atoms with E-state index in [1.807, 2.05) is 6.92 Å². The van der Waals surface area contributed by atoms with Crippen LogP contribution in [0.25, 0.3) is 0 Å². The predicted octanol–water partition coefficient (Wildman–Crippen LogP) is 2.51. The van der Waals surface area contributed by atoms with E-state index in [9.17, 15) is 12.8 Å². The van der Waals surface area contributed by atoms with Crippen LogP contribution in [-0.2, 0) is 10.0 Å². The molecule has 1 aromatic carbocycles. The van der Waals surface area contributed by atoms with Crippen molar-refractivity contribution in [3.8, 4) is 0 Å². The molecule has 1 aliphatic carbocycles. The Labute approximate surface area is 119 Å². The summed E-state index contributed by atoms with van der Waals surface area (Å²) in [4.78, 5) is -0.439. The zero-order valence-corrected chi connectivity index (χ0v) is 12.6. The van der Waals surface area contributed by atoms with Crippen LogP contribution in [0, 0.1) is 17.7 Å². The standard InChI is InChI=1S/C14H21FN2O2S/c1-9-6-7-13(10(2)8-9)17-20(18,19)14-11(15)4-3-5-12(14)16/h3-5,9-10,13,17H,6-8,16H2,1-2H3. The van der Waals surface area contributed by atoms with Gasteiger partial charge in [-0.3, -0.25) is 0 Å². The number of nitrogens with two attached hydrogens (primary N) is 1. The van der Waals surface area contributed by atoms with Gasteiger partial charge in [0.25, 0.3) is 0 Å². The molecule has 20 heavy (non-hydrogen) atoms. The van der Waals surface area contributed by atoms with Crippen LogP contribution in [0.15, 0.2) is 23.1 Å². The van der Waals surface area contributed by atoms with Gasteiger partial charge in [0, 0.05) is 6.04 Å². The van der Waals surface area contributed by atoms with Crippen LogP contribution >= 0.6 is 0 Å². The van der Waals surface area contributed by atoms with Crippen molar-refractivity contribution < 1.29 is 12.8 Å². The fraction of sp³-hybridized carbons (Fsp3) is 0.571. The molecular weight excluding hydrogens is 279 g/mol. The van der Waals surface area contributed by atoms with Crippen molar-refractivity contribution in [2.75, 3.05) is 5.73 Å². The van der Waals surface area contributed by atoms with E-state index in [0.29, 0.717) is 5.92 Å². The Balaban J connectivity index is 2.24. The molecule has 3 N–H and O–H groups in total. The second-order valence-corrected chi connectivity index (χ2v) is 7.43. The predicted molar refractivity (Wildman–Crippen MR) is 77.1 cm³/mol. The molecule has 0 aromatic heterocycles. The first-order chi connectivity index (χ1) is 9.31. The number of nitrogen functional groups attached to an aromatic ring is 1. The number of nitrogens with one attached hydrogen (secondary N) is 1. The number of anilines is 1. The minimum absolute atomic E-state index is 0.0608. The quantitative estimate of drug-likeness (QED) is 0.843. The molecule has 0 aliphatic heterocycles. The van der Waals surface area contributed by atoms with Crippen molar-refractivity contribution in [2.45, 2.75) is 44.0 Å². The Kier molecular flexibility index (Phi) is 4.34. The first-order valence-electron chi connectivity index (χ1n) is 6.87. The molecule has 0 heterocycles. The van der Waals surface area contributed by atoms with Crippen LogP contribution in [0.5, 0.6) is 0 Å². The van der Waals surface area contributed by atoms with E-state index in [4.69, 9.17) is 5.73 Å². The summed E-state index contributed by atoms with van der Waals surface area (Å²) in [5.74, 6) is 0.0279. The molecule has 3 atom stereocenters. The normalized spacial score (nSPS) is 27.4. The van der Waals surface area contributed by atoms with Gasteiger partial charge in [0.1, 0.15) is 10.7 Å². The van der Waals surface area contributed by atoms with Gasteiger partial charge in [-0.25, -0.2) is 17.5 Å². The highest BCUT2D eigenvalue weighted by Gasteiger charge is 2.31. The largest absolute Gasteiger partial charge is 0.398 e. The summed E-state index contributed by atoms with van der Waals surface area (Å²) in [6.07, 6.45) is 2.72. The van der Waals surface area contributed by atoms with Crippen LogP contribution < -0.4 is 10.5 Å². The Morgan fingerprint density at radius 3 is 2.60 bits per heavy atom. The summed E-state index contributed by atoms with van der Waals surface area (Å²) in [6, 6.07) is 3.74. The van der Waals surface area contributed by atoms with Crippen molar-refractivity contribution in [3.05, 3.63) is 24.0 Å². The smallest absolute Gasteiger partial charge is 0.245 e. The van der Waals surface area contributed by atoms with Gasteiger partial charge in [-0.05, 0) is 43.2 Å². The molecule has 3 unspecified atom stereocenters. The minimum Gasteiger partial charge on any atom is -0.398 e. The Morgan fingerprint density at radius 1 is 1.30 bits per heavy atom. The van der Waals surface area contributed by atoms with Gasteiger partial charge in [-0.15, -0.1) is 0 Å². The highest BCUT2D eigenvalue weighted by atomic mass is 32.2. The summed E-state index contributed by atoms with van der Waals surface area (Å²) in [5.41, 5.74) is 5.55. The molecule has 1 aromatic rings. The van der Waals surface area contributed by atoms with E-state index >= 15 is 0 Å². The molecule has 0 radical (unpaired) electrons. The summed E-state index contributed by atoms with van der Waals surface area (Å²) < 4.78 is 41.1. The molecule has 112 valence electrons. The van der Waals surface area contributed by atoms with E-state index in [1.165, 1.54) is 12.1 Å². The van der Waals surface area contributed by atoms with Crippen LogP contribution in [0.3, 0.4) is 0 Å². The molecular formula is C14H21FN2O2S.